The second-order valence-electron chi connectivity index (χ2n) is 5.28. The highest BCUT2D eigenvalue weighted by atomic mass is 16.5. The summed E-state index contributed by atoms with van der Waals surface area (Å²) >= 11 is 0. The molecule has 1 heterocycles. The van der Waals surface area contributed by atoms with Crippen molar-refractivity contribution in [1.82, 2.24) is 15.6 Å². The van der Waals surface area contributed by atoms with Gasteiger partial charge >= 0.3 is 0 Å². The molecule has 7 heteroatoms. The number of rotatable bonds is 8. The monoisotopic (exact) mass is 343 g/mol. The molecule has 7 nitrogen and oxygen atoms in total. The van der Waals surface area contributed by atoms with E-state index in [4.69, 9.17) is 9.47 Å². The van der Waals surface area contributed by atoms with Crippen molar-refractivity contribution >= 4 is 11.8 Å². The van der Waals surface area contributed by atoms with Gasteiger partial charge in [0.15, 0.2) is 11.5 Å². The van der Waals surface area contributed by atoms with E-state index in [9.17, 15) is 9.59 Å². The fourth-order valence-corrected chi connectivity index (χ4v) is 2.17. The van der Waals surface area contributed by atoms with Crippen LogP contribution in [-0.2, 0) is 22.7 Å². The predicted octanol–water partition coefficient (Wildman–Crippen LogP) is 1.42. The van der Waals surface area contributed by atoms with Gasteiger partial charge in [0.1, 0.15) is 6.42 Å². The number of nitrogens with zero attached hydrogens (tertiary/aromatic N) is 1. The first-order chi connectivity index (χ1) is 12.1. The van der Waals surface area contributed by atoms with Crippen molar-refractivity contribution in [3.8, 4) is 11.5 Å². The van der Waals surface area contributed by atoms with Crippen LogP contribution in [0, 0.1) is 0 Å². The lowest BCUT2D eigenvalue weighted by molar-refractivity contribution is -0.129. The zero-order valence-corrected chi connectivity index (χ0v) is 14.2. The first kappa shape index (κ1) is 18.3. The van der Waals surface area contributed by atoms with E-state index in [1.807, 2.05) is 12.1 Å². The van der Waals surface area contributed by atoms with E-state index < -0.39 is 0 Å². The Labute approximate surface area is 146 Å². The molecule has 0 saturated heterocycles. The first-order valence-electron chi connectivity index (χ1n) is 7.75. The molecule has 0 bridgehead atoms. The van der Waals surface area contributed by atoms with Gasteiger partial charge in [0.25, 0.3) is 0 Å². The highest BCUT2D eigenvalue weighted by Crippen LogP contribution is 2.27. The van der Waals surface area contributed by atoms with Crippen LogP contribution in [0.5, 0.6) is 11.5 Å². The number of ether oxygens (including phenoxy) is 2. The van der Waals surface area contributed by atoms with Crippen LogP contribution in [-0.4, -0.2) is 31.0 Å². The van der Waals surface area contributed by atoms with Gasteiger partial charge in [-0.25, -0.2) is 0 Å². The summed E-state index contributed by atoms with van der Waals surface area (Å²) < 4.78 is 10.4. The smallest absolute Gasteiger partial charge is 0.229 e. The normalized spacial score (nSPS) is 10.0. The van der Waals surface area contributed by atoms with Gasteiger partial charge < -0.3 is 20.1 Å². The Kier molecular flexibility index (Phi) is 6.76. The molecule has 2 amide bonds. The van der Waals surface area contributed by atoms with E-state index in [2.05, 4.69) is 15.6 Å². The number of aromatic nitrogens is 1. The molecule has 132 valence electrons. The summed E-state index contributed by atoms with van der Waals surface area (Å²) in [5.41, 5.74) is 1.73. The van der Waals surface area contributed by atoms with E-state index in [-0.39, 0.29) is 18.2 Å². The van der Waals surface area contributed by atoms with Gasteiger partial charge in [0, 0.05) is 25.5 Å². The number of methoxy groups -OCH3 is 2. The van der Waals surface area contributed by atoms with Crippen molar-refractivity contribution in [3.63, 3.8) is 0 Å². The molecule has 0 spiro atoms. The molecule has 0 fully saturated rings. The molecule has 25 heavy (non-hydrogen) atoms. The summed E-state index contributed by atoms with van der Waals surface area (Å²) in [6.07, 6.45) is 3.10. The Bertz CT molecular complexity index is 720. The molecule has 0 aliphatic carbocycles. The molecule has 0 aliphatic heterocycles. The lowest BCUT2D eigenvalue weighted by Gasteiger charge is -2.10. The predicted molar refractivity (Wildman–Crippen MR) is 92.1 cm³/mol. The SMILES string of the molecule is COc1ccc(CNC(=O)CC(=O)NCc2cccnc2)cc1OC. The molecular formula is C18H21N3O4. The second-order valence-corrected chi connectivity index (χ2v) is 5.28. The molecule has 2 rings (SSSR count). The van der Waals surface area contributed by atoms with Gasteiger partial charge in [-0.05, 0) is 29.3 Å². The first-order valence-corrected chi connectivity index (χ1v) is 7.75. The minimum atomic E-state index is -0.349. The van der Waals surface area contributed by atoms with Gasteiger partial charge in [0.05, 0.1) is 14.2 Å². The van der Waals surface area contributed by atoms with Crippen molar-refractivity contribution in [2.45, 2.75) is 19.5 Å². The molecule has 1 aromatic heterocycles. The zero-order valence-electron chi connectivity index (χ0n) is 14.2. The largest absolute Gasteiger partial charge is 0.493 e. The zero-order chi connectivity index (χ0) is 18.1. The molecule has 0 unspecified atom stereocenters. The Morgan fingerprint density at radius 1 is 0.960 bits per heavy atom. The third kappa shape index (κ3) is 5.80. The number of carbonyl (C=O) groups excluding carboxylic acids is 2. The molecule has 0 aliphatic rings. The van der Waals surface area contributed by atoms with Crippen LogP contribution in [0.3, 0.4) is 0 Å². The number of hydrogen-bond donors (Lipinski definition) is 2. The van der Waals surface area contributed by atoms with Crippen LogP contribution in [0.15, 0.2) is 42.7 Å². The maximum atomic E-state index is 11.9. The minimum Gasteiger partial charge on any atom is -0.493 e. The Morgan fingerprint density at radius 3 is 2.24 bits per heavy atom. The molecular weight excluding hydrogens is 322 g/mol. The Balaban J connectivity index is 1.77. The van der Waals surface area contributed by atoms with Crippen LogP contribution >= 0.6 is 0 Å². The van der Waals surface area contributed by atoms with Gasteiger partial charge in [-0.2, -0.15) is 0 Å². The van der Waals surface area contributed by atoms with Gasteiger partial charge in [-0.15, -0.1) is 0 Å². The van der Waals surface area contributed by atoms with Crippen LogP contribution in [0.25, 0.3) is 0 Å². The molecule has 2 N–H and O–H groups in total. The van der Waals surface area contributed by atoms with Crippen molar-refractivity contribution in [2.24, 2.45) is 0 Å². The summed E-state index contributed by atoms with van der Waals surface area (Å²) in [7, 11) is 3.11. The van der Waals surface area contributed by atoms with E-state index in [0.29, 0.717) is 24.6 Å². The topological polar surface area (TPSA) is 89.5 Å². The summed E-state index contributed by atoms with van der Waals surface area (Å²) in [5, 5.41) is 5.39. The van der Waals surface area contributed by atoms with Gasteiger partial charge in [0.2, 0.25) is 11.8 Å². The van der Waals surface area contributed by atoms with Crippen molar-refractivity contribution < 1.29 is 19.1 Å². The van der Waals surface area contributed by atoms with E-state index in [1.54, 1.807) is 44.8 Å². The van der Waals surface area contributed by atoms with Crippen molar-refractivity contribution in [2.75, 3.05) is 14.2 Å². The third-order valence-electron chi connectivity index (χ3n) is 3.47. The summed E-state index contributed by atoms with van der Waals surface area (Å²) in [6, 6.07) is 9.01. The van der Waals surface area contributed by atoms with E-state index in [1.165, 1.54) is 0 Å². The molecule has 0 saturated carbocycles. The van der Waals surface area contributed by atoms with Gasteiger partial charge in [-0.3, -0.25) is 14.6 Å². The fraction of sp³-hybridized carbons (Fsp3) is 0.278. The lowest BCUT2D eigenvalue weighted by Crippen LogP contribution is -2.31. The number of hydrogen-bond acceptors (Lipinski definition) is 5. The minimum absolute atomic E-state index is 0.229. The molecule has 0 atom stereocenters. The average molecular weight is 343 g/mol. The maximum absolute atomic E-state index is 11.9. The number of carbonyl (C=O) groups is 2. The number of nitrogens with one attached hydrogen (secondary N) is 2. The average Bonchev–Trinajstić information content (AvgIpc) is 2.65. The van der Waals surface area contributed by atoms with Crippen molar-refractivity contribution in [1.29, 1.82) is 0 Å². The summed E-state index contributed by atoms with van der Waals surface area (Å²) in [5.74, 6) is 0.517. The maximum Gasteiger partial charge on any atom is 0.229 e. The second kappa shape index (κ2) is 9.27. The summed E-state index contributed by atoms with van der Waals surface area (Å²) in [4.78, 5) is 27.6. The van der Waals surface area contributed by atoms with Crippen LogP contribution in [0.2, 0.25) is 0 Å². The molecule has 2 aromatic rings. The fourth-order valence-electron chi connectivity index (χ4n) is 2.17. The Hall–Kier alpha value is -3.09. The number of pyridine rings is 1. The van der Waals surface area contributed by atoms with Crippen molar-refractivity contribution in [3.05, 3.63) is 53.9 Å². The van der Waals surface area contributed by atoms with Gasteiger partial charge in [-0.1, -0.05) is 12.1 Å². The van der Waals surface area contributed by atoms with Crippen LogP contribution in [0.1, 0.15) is 17.5 Å². The van der Waals surface area contributed by atoms with E-state index >= 15 is 0 Å². The van der Waals surface area contributed by atoms with Crippen LogP contribution in [0.4, 0.5) is 0 Å². The third-order valence-corrected chi connectivity index (χ3v) is 3.47. The lowest BCUT2D eigenvalue weighted by atomic mass is 10.2. The Morgan fingerprint density at radius 2 is 1.64 bits per heavy atom. The highest BCUT2D eigenvalue weighted by Gasteiger charge is 2.10. The standard InChI is InChI=1S/C18H21N3O4/c1-24-15-6-5-13(8-16(15)25-2)11-20-17(22)9-18(23)21-12-14-4-3-7-19-10-14/h3-8,10H,9,11-12H2,1-2H3,(H,20,22)(H,21,23). The quantitative estimate of drug-likeness (QED) is 0.708. The molecule has 0 radical (unpaired) electrons. The molecule has 1 aromatic carbocycles. The summed E-state index contributed by atoms with van der Waals surface area (Å²) in [6.45, 7) is 0.644. The van der Waals surface area contributed by atoms with Crippen LogP contribution < -0.4 is 20.1 Å². The van der Waals surface area contributed by atoms with E-state index in [0.717, 1.165) is 11.1 Å². The number of benzene rings is 1. The number of amides is 2. The highest BCUT2D eigenvalue weighted by molar-refractivity contribution is 5.96.